The Morgan fingerprint density at radius 3 is 2.19 bits per heavy atom. The van der Waals surface area contributed by atoms with Gasteiger partial charge in [0.05, 0.1) is 4.92 Å². The first-order valence-electron chi connectivity index (χ1n) is 5.21. The maximum absolute atomic E-state index is 10.5. The monoisotopic (exact) mass is 220 g/mol. The lowest BCUT2D eigenvalue weighted by atomic mass is 10.2. The Balaban J connectivity index is 2.07. The molecule has 0 bridgehead atoms. The fourth-order valence-electron chi connectivity index (χ4n) is 1.79. The molecule has 0 unspecified atom stereocenters. The molecule has 16 heavy (non-hydrogen) atoms. The first-order chi connectivity index (χ1) is 7.66. The molecule has 86 valence electrons. The Morgan fingerprint density at radius 1 is 1.12 bits per heavy atom. The van der Waals surface area contributed by atoms with Gasteiger partial charge in [0.1, 0.15) is 0 Å². The van der Waals surface area contributed by atoms with Crippen molar-refractivity contribution in [1.82, 2.24) is 4.90 Å². The van der Waals surface area contributed by atoms with Gasteiger partial charge in [0.25, 0.3) is 5.69 Å². The lowest BCUT2D eigenvalue weighted by molar-refractivity contribution is -0.384. The summed E-state index contributed by atoms with van der Waals surface area (Å²) >= 11 is 0. The van der Waals surface area contributed by atoms with Crippen LogP contribution >= 0.6 is 0 Å². The standard InChI is InChI=1S/C11H14N3O2/c1-12-6-8-13(9-7-12)10-2-4-11(5-3-10)14(15)16/h2-5H,1,6-9H2/q-1. The van der Waals surface area contributed by atoms with E-state index < -0.39 is 0 Å². The number of non-ortho nitro benzene ring substituents is 1. The maximum atomic E-state index is 10.5. The van der Waals surface area contributed by atoms with E-state index in [0.29, 0.717) is 0 Å². The molecule has 1 heterocycles. The predicted octanol–water partition coefficient (Wildman–Crippen LogP) is 1.51. The number of nitro groups is 1. The zero-order valence-corrected chi connectivity index (χ0v) is 9.00. The van der Waals surface area contributed by atoms with E-state index in [1.165, 1.54) is 0 Å². The Kier molecular flexibility index (Phi) is 3.05. The Morgan fingerprint density at radius 2 is 1.69 bits per heavy atom. The Hall–Kier alpha value is -1.62. The second-order valence-corrected chi connectivity index (χ2v) is 3.88. The molecule has 1 fully saturated rings. The number of piperazine rings is 1. The minimum atomic E-state index is -0.377. The maximum Gasteiger partial charge on any atom is 0.269 e. The lowest BCUT2D eigenvalue weighted by Gasteiger charge is -2.38. The molecular weight excluding hydrogens is 206 g/mol. The molecular formula is C11H14N3O2-. The molecule has 1 aliphatic heterocycles. The summed E-state index contributed by atoms with van der Waals surface area (Å²) in [7, 11) is 3.88. The molecule has 2 rings (SSSR count). The average molecular weight is 220 g/mol. The highest BCUT2D eigenvalue weighted by Gasteiger charge is 2.12. The van der Waals surface area contributed by atoms with Crippen LogP contribution in [0.3, 0.4) is 0 Å². The highest BCUT2D eigenvalue weighted by Crippen LogP contribution is 2.20. The van der Waals surface area contributed by atoms with E-state index in [-0.39, 0.29) is 10.6 Å². The van der Waals surface area contributed by atoms with Crippen LogP contribution in [0.2, 0.25) is 0 Å². The van der Waals surface area contributed by atoms with E-state index in [0.717, 1.165) is 31.9 Å². The molecule has 1 aromatic carbocycles. The van der Waals surface area contributed by atoms with Gasteiger partial charge in [-0.3, -0.25) is 17.2 Å². The van der Waals surface area contributed by atoms with Crippen LogP contribution in [0.1, 0.15) is 0 Å². The van der Waals surface area contributed by atoms with Crippen molar-refractivity contribution in [3.63, 3.8) is 0 Å². The SMILES string of the molecule is [CH2-]N1CCN(c2ccc([N+](=O)[O-])cc2)CC1. The first kappa shape index (κ1) is 10.9. The summed E-state index contributed by atoms with van der Waals surface area (Å²) in [4.78, 5) is 14.4. The molecule has 5 nitrogen and oxygen atoms in total. The second kappa shape index (κ2) is 4.49. The molecule has 0 saturated carbocycles. The largest absolute Gasteiger partial charge is 0.456 e. The quantitative estimate of drug-likeness (QED) is 0.430. The fourth-order valence-corrected chi connectivity index (χ4v) is 1.79. The van der Waals surface area contributed by atoms with Gasteiger partial charge in [-0.15, -0.1) is 0 Å². The molecule has 0 radical (unpaired) electrons. The Bertz CT molecular complexity index is 369. The van der Waals surface area contributed by atoms with E-state index in [1.54, 1.807) is 24.3 Å². The van der Waals surface area contributed by atoms with Gasteiger partial charge in [0.15, 0.2) is 0 Å². The summed E-state index contributed by atoms with van der Waals surface area (Å²) in [5, 5.41) is 10.5. The van der Waals surface area contributed by atoms with Crippen molar-refractivity contribution in [2.24, 2.45) is 0 Å². The molecule has 0 aromatic heterocycles. The van der Waals surface area contributed by atoms with Gasteiger partial charge >= 0.3 is 0 Å². The summed E-state index contributed by atoms with van der Waals surface area (Å²) in [6.45, 7) is 3.69. The van der Waals surface area contributed by atoms with Crippen LogP contribution < -0.4 is 4.90 Å². The smallest absolute Gasteiger partial charge is 0.269 e. The van der Waals surface area contributed by atoms with Crippen LogP contribution in [0.15, 0.2) is 24.3 Å². The number of hydrogen-bond acceptors (Lipinski definition) is 4. The van der Waals surface area contributed by atoms with Gasteiger partial charge in [-0.1, -0.05) is 0 Å². The minimum Gasteiger partial charge on any atom is -0.456 e. The van der Waals surface area contributed by atoms with Crippen molar-refractivity contribution >= 4 is 11.4 Å². The van der Waals surface area contributed by atoms with E-state index in [1.807, 2.05) is 4.90 Å². The van der Waals surface area contributed by atoms with Gasteiger partial charge in [-0.25, -0.2) is 0 Å². The summed E-state index contributed by atoms with van der Waals surface area (Å²) in [6.07, 6.45) is 0. The van der Waals surface area contributed by atoms with E-state index in [2.05, 4.69) is 11.9 Å². The van der Waals surface area contributed by atoms with Crippen LogP contribution in [-0.2, 0) is 0 Å². The minimum absolute atomic E-state index is 0.138. The molecule has 0 spiro atoms. The normalized spacial score (nSPS) is 17.4. The first-order valence-corrected chi connectivity index (χ1v) is 5.21. The number of hydrogen-bond donors (Lipinski definition) is 0. The van der Waals surface area contributed by atoms with Crippen LogP contribution in [0, 0.1) is 17.2 Å². The molecule has 5 heteroatoms. The van der Waals surface area contributed by atoms with Gasteiger partial charge in [0.2, 0.25) is 0 Å². The number of rotatable bonds is 2. The van der Waals surface area contributed by atoms with Crippen molar-refractivity contribution in [2.75, 3.05) is 31.1 Å². The van der Waals surface area contributed by atoms with Crippen LogP contribution in [0.25, 0.3) is 0 Å². The van der Waals surface area contributed by atoms with E-state index in [9.17, 15) is 10.1 Å². The zero-order valence-electron chi connectivity index (χ0n) is 9.00. The molecule has 1 aromatic rings. The fraction of sp³-hybridized carbons (Fsp3) is 0.364. The van der Waals surface area contributed by atoms with Crippen molar-refractivity contribution in [3.8, 4) is 0 Å². The van der Waals surface area contributed by atoms with Crippen LogP contribution in [0.4, 0.5) is 11.4 Å². The zero-order chi connectivity index (χ0) is 11.5. The summed E-state index contributed by atoms with van der Waals surface area (Å²) in [5.74, 6) is 0. The summed E-state index contributed by atoms with van der Waals surface area (Å²) in [6, 6.07) is 6.70. The lowest BCUT2D eigenvalue weighted by Crippen LogP contribution is -2.43. The summed E-state index contributed by atoms with van der Waals surface area (Å²) < 4.78 is 0. The van der Waals surface area contributed by atoms with E-state index in [4.69, 9.17) is 0 Å². The Labute approximate surface area is 94.4 Å². The third-order valence-corrected chi connectivity index (χ3v) is 2.80. The average Bonchev–Trinajstić information content (AvgIpc) is 2.30. The molecule has 0 aliphatic carbocycles. The second-order valence-electron chi connectivity index (χ2n) is 3.88. The number of benzene rings is 1. The molecule has 0 atom stereocenters. The predicted molar refractivity (Wildman–Crippen MR) is 62.2 cm³/mol. The summed E-state index contributed by atoms with van der Waals surface area (Å²) in [5.41, 5.74) is 1.18. The van der Waals surface area contributed by atoms with Gasteiger partial charge in [-0.2, -0.15) is 0 Å². The molecule has 1 aliphatic rings. The van der Waals surface area contributed by atoms with Gasteiger partial charge < -0.3 is 9.80 Å². The van der Waals surface area contributed by atoms with Crippen LogP contribution in [0.5, 0.6) is 0 Å². The molecule has 0 amide bonds. The van der Waals surface area contributed by atoms with Crippen molar-refractivity contribution in [3.05, 3.63) is 41.4 Å². The number of nitro benzene ring substituents is 1. The third kappa shape index (κ3) is 2.30. The topological polar surface area (TPSA) is 49.6 Å². The van der Waals surface area contributed by atoms with Crippen molar-refractivity contribution in [1.29, 1.82) is 0 Å². The van der Waals surface area contributed by atoms with E-state index >= 15 is 0 Å². The number of anilines is 1. The third-order valence-electron chi connectivity index (χ3n) is 2.80. The number of nitrogens with zero attached hydrogens (tertiary/aromatic N) is 3. The van der Waals surface area contributed by atoms with Gasteiger partial charge in [-0.05, 0) is 25.2 Å². The highest BCUT2D eigenvalue weighted by molar-refractivity contribution is 5.51. The highest BCUT2D eigenvalue weighted by atomic mass is 16.6. The van der Waals surface area contributed by atoms with Gasteiger partial charge in [0, 0.05) is 30.9 Å². The molecule has 0 N–H and O–H groups in total. The molecule has 1 saturated heterocycles. The van der Waals surface area contributed by atoms with Crippen molar-refractivity contribution in [2.45, 2.75) is 0 Å². The van der Waals surface area contributed by atoms with Crippen LogP contribution in [-0.4, -0.2) is 36.0 Å². The van der Waals surface area contributed by atoms with Crippen molar-refractivity contribution < 1.29 is 4.92 Å².